The molecule has 6 nitrogen and oxygen atoms in total. The summed E-state index contributed by atoms with van der Waals surface area (Å²) in [4.78, 5) is 10.7. The molecule has 1 aliphatic carbocycles. The van der Waals surface area contributed by atoms with Crippen molar-refractivity contribution in [1.82, 2.24) is 14.8 Å². The normalized spacial score (nSPS) is 13.9. The maximum absolute atomic E-state index is 10.7. The van der Waals surface area contributed by atoms with E-state index in [1.807, 2.05) is 16.7 Å². The van der Waals surface area contributed by atoms with Crippen molar-refractivity contribution in [3.8, 4) is 17.5 Å². The molecule has 0 aliphatic heterocycles. The number of carboxylic acids is 1. The van der Waals surface area contributed by atoms with Crippen molar-refractivity contribution < 1.29 is 9.90 Å². The van der Waals surface area contributed by atoms with Crippen molar-refractivity contribution in [3.63, 3.8) is 0 Å². The minimum atomic E-state index is -0.870. The van der Waals surface area contributed by atoms with Gasteiger partial charge in [0, 0.05) is 11.6 Å². The molecule has 0 spiro atoms. The number of benzene rings is 1. The largest absolute Gasteiger partial charge is 0.481 e. The lowest BCUT2D eigenvalue weighted by atomic mass is 10.1. The molecule has 21 heavy (non-hydrogen) atoms. The van der Waals surface area contributed by atoms with E-state index in [0.29, 0.717) is 16.8 Å². The van der Waals surface area contributed by atoms with Crippen molar-refractivity contribution >= 4 is 17.7 Å². The summed E-state index contributed by atoms with van der Waals surface area (Å²) in [5.41, 5.74) is 1.48. The third-order valence-electron chi connectivity index (χ3n) is 3.17. The molecular formula is C14H12N4O2S. The average Bonchev–Trinajstić information content (AvgIpc) is 3.25. The molecule has 0 saturated heterocycles. The minimum absolute atomic E-state index is 0.0295. The van der Waals surface area contributed by atoms with Gasteiger partial charge in [0.2, 0.25) is 0 Å². The highest BCUT2D eigenvalue weighted by Crippen LogP contribution is 2.41. The van der Waals surface area contributed by atoms with Crippen LogP contribution >= 0.6 is 11.8 Å². The second-order valence-electron chi connectivity index (χ2n) is 4.78. The zero-order valence-corrected chi connectivity index (χ0v) is 11.9. The molecule has 1 fully saturated rings. The van der Waals surface area contributed by atoms with Crippen molar-refractivity contribution in [1.29, 1.82) is 5.26 Å². The van der Waals surface area contributed by atoms with Gasteiger partial charge < -0.3 is 5.11 Å². The van der Waals surface area contributed by atoms with Crippen molar-refractivity contribution in [3.05, 3.63) is 29.8 Å². The molecule has 3 rings (SSSR count). The predicted molar refractivity (Wildman–Crippen MR) is 76.8 cm³/mol. The van der Waals surface area contributed by atoms with Crippen LogP contribution < -0.4 is 0 Å². The molecule has 1 saturated carbocycles. The topological polar surface area (TPSA) is 91.8 Å². The summed E-state index contributed by atoms with van der Waals surface area (Å²) in [6.07, 6.45) is 2.11. The Bertz CT molecular complexity index is 714. The van der Waals surface area contributed by atoms with Gasteiger partial charge in [0.15, 0.2) is 11.0 Å². The van der Waals surface area contributed by atoms with Gasteiger partial charge in [0.25, 0.3) is 0 Å². The van der Waals surface area contributed by atoms with E-state index in [2.05, 4.69) is 16.3 Å². The van der Waals surface area contributed by atoms with Crippen LogP contribution in [0.2, 0.25) is 0 Å². The molecule has 1 N–H and O–H groups in total. The van der Waals surface area contributed by atoms with Crippen LogP contribution in [0.25, 0.3) is 11.4 Å². The van der Waals surface area contributed by atoms with Gasteiger partial charge in [-0.3, -0.25) is 9.36 Å². The summed E-state index contributed by atoms with van der Waals surface area (Å²) in [7, 11) is 0. The highest BCUT2D eigenvalue weighted by atomic mass is 32.2. The maximum atomic E-state index is 10.7. The van der Waals surface area contributed by atoms with Crippen LogP contribution in [-0.2, 0) is 4.79 Å². The molecule has 1 aliphatic rings. The quantitative estimate of drug-likeness (QED) is 0.852. The van der Waals surface area contributed by atoms with Gasteiger partial charge in [-0.25, -0.2) is 0 Å². The van der Waals surface area contributed by atoms with Crippen molar-refractivity contribution in [2.45, 2.75) is 24.0 Å². The standard InChI is InChI=1S/C14H12N4O2S/c15-7-9-1-3-10(4-2-9)13-16-17-14(21-8-12(19)20)18(13)11-5-6-11/h1-4,11H,5-6,8H2,(H,19,20). The molecule has 1 heterocycles. The van der Waals surface area contributed by atoms with Crippen LogP contribution in [0.15, 0.2) is 29.4 Å². The Hall–Kier alpha value is -2.33. The van der Waals surface area contributed by atoms with E-state index < -0.39 is 5.97 Å². The third kappa shape index (κ3) is 2.90. The summed E-state index contributed by atoms with van der Waals surface area (Å²) in [5.74, 6) is -0.168. The Morgan fingerprint density at radius 2 is 2.10 bits per heavy atom. The fraction of sp³-hybridized carbons (Fsp3) is 0.286. The molecular weight excluding hydrogens is 288 g/mol. The molecule has 0 amide bonds. The first-order valence-corrected chi connectivity index (χ1v) is 7.47. The van der Waals surface area contributed by atoms with Crippen molar-refractivity contribution in [2.24, 2.45) is 0 Å². The van der Waals surface area contributed by atoms with Crippen molar-refractivity contribution in [2.75, 3.05) is 5.75 Å². The van der Waals surface area contributed by atoms with Crippen LogP contribution in [0.4, 0.5) is 0 Å². The van der Waals surface area contributed by atoms with Gasteiger partial charge in [0.05, 0.1) is 17.4 Å². The van der Waals surface area contributed by atoms with Gasteiger partial charge in [-0.05, 0) is 37.1 Å². The van der Waals surface area contributed by atoms with Crippen LogP contribution in [-0.4, -0.2) is 31.6 Å². The molecule has 1 aromatic carbocycles. The lowest BCUT2D eigenvalue weighted by molar-refractivity contribution is -0.133. The lowest BCUT2D eigenvalue weighted by Gasteiger charge is -2.08. The highest BCUT2D eigenvalue weighted by Gasteiger charge is 2.30. The Labute approximate surface area is 125 Å². The fourth-order valence-corrected chi connectivity index (χ4v) is 2.78. The monoisotopic (exact) mass is 300 g/mol. The summed E-state index contributed by atoms with van der Waals surface area (Å²) in [5, 5.41) is 26.6. The zero-order valence-electron chi connectivity index (χ0n) is 11.1. The van der Waals surface area contributed by atoms with E-state index in [0.717, 1.165) is 24.2 Å². The second kappa shape index (κ2) is 5.58. The molecule has 0 atom stereocenters. The number of carbonyl (C=O) groups is 1. The Morgan fingerprint density at radius 1 is 1.38 bits per heavy atom. The number of carboxylic acid groups (broad SMARTS) is 1. The van der Waals surface area contributed by atoms with E-state index in [-0.39, 0.29) is 5.75 Å². The van der Waals surface area contributed by atoms with Crippen LogP contribution in [0.1, 0.15) is 24.4 Å². The lowest BCUT2D eigenvalue weighted by Crippen LogP contribution is -2.03. The second-order valence-corrected chi connectivity index (χ2v) is 5.72. The van der Waals surface area contributed by atoms with E-state index in [1.54, 1.807) is 12.1 Å². The highest BCUT2D eigenvalue weighted by molar-refractivity contribution is 7.99. The van der Waals surface area contributed by atoms with Crippen LogP contribution in [0.5, 0.6) is 0 Å². The third-order valence-corrected chi connectivity index (χ3v) is 4.10. The number of nitriles is 1. The van der Waals surface area contributed by atoms with E-state index in [4.69, 9.17) is 10.4 Å². The summed E-state index contributed by atoms with van der Waals surface area (Å²) in [6, 6.07) is 9.59. The van der Waals surface area contributed by atoms with Gasteiger partial charge in [-0.15, -0.1) is 10.2 Å². The number of aromatic nitrogens is 3. The molecule has 0 radical (unpaired) electrons. The molecule has 1 aromatic heterocycles. The van der Waals surface area contributed by atoms with E-state index in [9.17, 15) is 4.79 Å². The van der Waals surface area contributed by atoms with Gasteiger partial charge >= 0.3 is 5.97 Å². The molecule has 0 unspecified atom stereocenters. The maximum Gasteiger partial charge on any atom is 0.313 e. The molecule has 2 aromatic rings. The van der Waals surface area contributed by atoms with Gasteiger partial charge in [-0.1, -0.05) is 11.8 Å². The summed E-state index contributed by atoms with van der Waals surface area (Å²) in [6.45, 7) is 0. The van der Waals surface area contributed by atoms with E-state index in [1.165, 1.54) is 11.8 Å². The Kier molecular flexibility index (Phi) is 3.62. The van der Waals surface area contributed by atoms with Crippen LogP contribution in [0.3, 0.4) is 0 Å². The summed E-state index contributed by atoms with van der Waals surface area (Å²) < 4.78 is 2.01. The zero-order chi connectivity index (χ0) is 14.8. The Balaban J connectivity index is 1.94. The van der Waals surface area contributed by atoms with Gasteiger partial charge in [-0.2, -0.15) is 5.26 Å². The van der Waals surface area contributed by atoms with Gasteiger partial charge in [0.1, 0.15) is 0 Å². The SMILES string of the molecule is N#Cc1ccc(-c2nnc(SCC(=O)O)n2C2CC2)cc1. The van der Waals surface area contributed by atoms with Crippen LogP contribution in [0, 0.1) is 11.3 Å². The summed E-state index contributed by atoms with van der Waals surface area (Å²) >= 11 is 1.18. The first-order valence-electron chi connectivity index (χ1n) is 6.49. The molecule has 7 heteroatoms. The predicted octanol–water partition coefficient (Wildman–Crippen LogP) is 2.33. The number of rotatable bonds is 5. The average molecular weight is 300 g/mol. The molecule has 0 bridgehead atoms. The number of thioether (sulfide) groups is 1. The smallest absolute Gasteiger partial charge is 0.313 e. The van der Waals surface area contributed by atoms with E-state index >= 15 is 0 Å². The first-order chi connectivity index (χ1) is 10.2. The number of hydrogen-bond acceptors (Lipinski definition) is 5. The number of nitrogens with zero attached hydrogens (tertiary/aromatic N) is 4. The minimum Gasteiger partial charge on any atom is -0.481 e. The fourth-order valence-electron chi connectivity index (χ4n) is 2.05. The first kappa shape index (κ1) is 13.6. The number of hydrogen-bond donors (Lipinski definition) is 1. The Morgan fingerprint density at radius 3 is 2.67 bits per heavy atom. The molecule has 106 valence electrons. The number of aliphatic carboxylic acids is 1.